The molecule has 0 spiro atoms. The lowest BCUT2D eigenvalue weighted by Crippen LogP contribution is -2.32. The number of carbonyl (C=O) groups excluding carboxylic acids is 1. The maximum atomic E-state index is 12.6. The molecule has 2 fully saturated rings. The minimum atomic E-state index is 0.0380. The molecule has 2 aliphatic rings. The largest absolute Gasteiger partial charge is 0.381 e. The second-order valence-electron chi connectivity index (χ2n) is 6.93. The molecule has 4 rings (SSSR count). The summed E-state index contributed by atoms with van der Waals surface area (Å²) in [5, 5.41) is 10.9. The van der Waals surface area contributed by atoms with Gasteiger partial charge in [-0.25, -0.2) is 4.68 Å². The highest BCUT2D eigenvalue weighted by atomic mass is 16.5. The van der Waals surface area contributed by atoms with E-state index >= 15 is 0 Å². The van der Waals surface area contributed by atoms with E-state index in [1.165, 1.54) is 29.4 Å². The lowest BCUT2D eigenvalue weighted by Gasteiger charge is -2.18. The maximum Gasteiger partial charge on any atom is 0.244 e. The fourth-order valence-corrected chi connectivity index (χ4v) is 3.39. The number of tetrazole rings is 1. The zero-order chi connectivity index (χ0) is 17.1. The van der Waals surface area contributed by atoms with Crippen molar-refractivity contribution >= 4 is 5.91 Å². The van der Waals surface area contributed by atoms with Gasteiger partial charge in [0.1, 0.15) is 12.9 Å². The Balaban J connectivity index is 1.42. The molecule has 25 heavy (non-hydrogen) atoms. The molecular weight excluding hydrogens is 320 g/mol. The van der Waals surface area contributed by atoms with Crippen molar-refractivity contribution in [1.82, 2.24) is 30.1 Å². The molecule has 0 unspecified atom stereocenters. The van der Waals surface area contributed by atoms with Crippen LogP contribution < -0.4 is 0 Å². The number of pyridine rings is 1. The maximum absolute atomic E-state index is 12.6. The highest BCUT2D eigenvalue weighted by Gasteiger charge is 2.36. The fourth-order valence-electron chi connectivity index (χ4n) is 3.39. The van der Waals surface area contributed by atoms with Gasteiger partial charge in [0.2, 0.25) is 5.91 Å². The number of carbonyl (C=O) groups is 1. The standard InChI is InChI=1S/C17H22N6O2/c24-17(9-23-12-19-20-21-23)22-7-15(11-25-10-13-1-2-13)16(8-22)14-3-5-18-6-4-14/h3-6,12-13,15-16H,1-2,7-11H2/t15-,16-/m0/s1. The number of ether oxygens (including phenoxy) is 1. The van der Waals surface area contributed by atoms with Gasteiger partial charge in [-0.3, -0.25) is 9.78 Å². The molecule has 1 aliphatic heterocycles. The van der Waals surface area contributed by atoms with Gasteiger partial charge in [-0.1, -0.05) is 0 Å². The summed E-state index contributed by atoms with van der Waals surface area (Å²) in [6.07, 6.45) is 7.65. The van der Waals surface area contributed by atoms with E-state index in [0.717, 1.165) is 12.5 Å². The SMILES string of the molecule is O=C(Cn1cnnn1)N1C[C@@H](COCC2CC2)[C@H](c2ccncc2)C1. The Morgan fingerprint density at radius 3 is 2.76 bits per heavy atom. The summed E-state index contributed by atoms with van der Waals surface area (Å²) in [6.45, 7) is 3.11. The molecule has 0 radical (unpaired) electrons. The van der Waals surface area contributed by atoms with Crippen LogP contribution in [0.4, 0.5) is 0 Å². The molecule has 2 aromatic rings. The van der Waals surface area contributed by atoms with Gasteiger partial charge in [-0.15, -0.1) is 5.10 Å². The van der Waals surface area contributed by atoms with E-state index in [1.54, 1.807) is 0 Å². The second-order valence-corrected chi connectivity index (χ2v) is 6.93. The van der Waals surface area contributed by atoms with Crippen LogP contribution in [-0.2, 0) is 16.1 Å². The highest BCUT2D eigenvalue weighted by Crippen LogP contribution is 2.34. The third-order valence-corrected chi connectivity index (χ3v) is 5.00. The van der Waals surface area contributed by atoms with Gasteiger partial charge in [0.25, 0.3) is 0 Å². The minimum Gasteiger partial charge on any atom is -0.381 e. The average Bonchev–Trinajstić information content (AvgIpc) is 3.14. The highest BCUT2D eigenvalue weighted by molar-refractivity contribution is 5.76. The Kier molecular flexibility index (Phi) is 4.69. The van der Waals surface area contributed by atoms with Crippen molar-refractivity contribution < 1.29 is 9.53 Å². The molecule has 0 aromatic carbocycles. The third kappa shape index (κ3) is 4.01. The van der Waals surface area contributed by atoms with Gasteiger partial charge in [0.05, 0.1) is 6.61 Å². The van der Waals surface area contributed by atoms with Crippen molar-refractivity contribution in [3.05, 3.63) is 36.4 Å². The molecule has 0 N–H and O–H groups in total. The fraction of sp³-hybridized carbons (Fsp3) is 0.588. The quantitative estimate of drug-likeness (QED) is 0.738. The normalized spacial score (nSPS) is 23.1. The average molecular weight is 342 g/mol. The molecule has 2 aromatic heterocycles. The van der Waals surface area contributed by atoms with Gasteiger partial charge in [-0.05, 0) is 46.9 Å². The van der Waals surface area contributed by atoms with Crippen molar-refractivity contribution in [3.63, 3.8) is 0 Å². The molecule has 8 heteroatoms. The molecule has 3 heterocycles. The first-order valence-electron chi connectivity index (χ1n) is 8.76. The summed E-state index contributed by atoms with van der Waals surface area (Å²) in [6, 6.07) is 4.07. The Bertz CT molecular complexity index is 688. The molecule has 1 amide bonds. The smallest absolute Gasteiger partial charge is 0.244 e. The van der Waals surface area contributed by atoms with E-state index in [1.807, 2.05) is 29.4 Å². The first kappa shape index (κ1) is 16.1. The zero-order valence-corrected chi connectivity index (χ0v) is 14.1. The molecule has 8 nitrogen and oxygen atoms in total. The van der Waals surface area contributed by atoms with Gasteiger partial charge in [0, 0.05) is 43.9 Å². The summed E-state index contributed by atoms with van der Waals surface area (Å²) in [4.78, 5) is 18.6. The predicted octanol–water partition coefficient (Wildman–Crippen LogP) is 0.737. The molecule has 2 atom stereocenters. The van der Waals surface area contributed by atoms with Crippen molar-refractivity contribution in [3.8, 4) is 0 Å². The van der Waals surface area contributed by atoms with Crippen LogP contribution in [0.5, 0.6) is 0 Å². The topological polar surface area (TPSA) is 86.0 Å². The summed E-state index contributed by atoms with van der Waals surface area (Å²) >= 11 is 0. The van der Waals surface area contributed by atoms with Gasteiger partial charge in [-0.2, -0.15) is 0 Å². The van der Waals surface area contributed by atoms with Crippen LogP contribution in [0, 0.1) is 11.8 Å². The number of likely N-dealkylation sites (tertiary alicyclic amines) is 1. The van der Waals surface area contributed by atoms with E-state index < -0.39 is 0 Å². The van der Waals surface area contributed by atoms with E-state index in [0.29, 0.717) is 25.6 Å². The lowest BCUT2D eigenvalue weighted by atomic mass is 9.90. The lowest BCUT2D eigenvalue weighted by molar-refractivity contribution is -0.131. The van der Waals surface area contributed by atoms with Crippen molar-refractivity contribution in [2.75, 3.05) is 26.3 Å². The zero-order valence-electron chi connectivity index (χ0n) is 14.1. The monoisotopic (exact) mass is 342 g/mol. The van der Waals surface area contributed by atoms with E-state index in [4.69, 9.17) is 4.74 Å². The Labute approximate surface area is 146 Å². The third-order valence-electron chi connectivity index (χ3n) is 5.00. The molecule has 1 saturated carbocycles. The van der Waals surface area contributed by atoms with Crippen LogP contribution in [0.1, 0.15) is 24.3 Å². The van der Waals surface area contributed by atoms with Crippen LogP contribution in [0.3, 0.4) is 0 Å². The number of nitrogens with zero attached hydrogens (tertiary/aromatic N) is 6. The molecular formula is C17H22N6O2. The molecule has 1 aliphatic carbocycles. The summed E-state index contributed by atoms with van der Waals surface area (Å²) in [5.74, 6) is 1.37. The Hall–Kier alpha value is -2.35. The minimum absolute atomic E-state index is 0.0380. The van der Waals surface area contributed by atoms with Gasteiger partial charge in [0.15, 0.2) is 0 Å². The van der Waals surface area contributed by atoms with Crippen LogP contribution >= 0.6 is 0 Å². The summed E-state index contributed by atoms with van der Waals surface area (Å²) in [5.41, 5.74) is 1.22. The van der Waals surface area contributed by atoms with Crippen LogP contribution in [0.25, 0.3) is 0 Å². The molecule has 0 bridgehead atoms. The number of hydrogen-bond acceptors (Lipinski definition) is 6. The van der Waals surface area contributed by atoms with Crippen molar-refractivity contribution in [2.45, 2.75) is 25.3 Å². The van der Waals surface area contributed by atoms with Crippen molar-refractivity contribution in [1.29, 1.82) is 0 Å². The van der Waals surface area contributed by atoms with Gasteiger partial charge < -0.3 is 9.64 Å². The number of hydrogen-bond donors (Lipinski definition) is 0. The Morgan fingerprint density at radius 2 is 2.04 bits per heavy atom. The molecule has 1 saturated heterocycles. The summed E-state index contributed by atoms with van der Waals surface area (Å²) < 4.78 is 7.40. The number of aromatic nitrogens is 5. The summed E-state index contributed by atoms with van der Waals surface area (Å²) in [7, 11) is 0. The van der Waals surface area contributed by atoms with E-state index in [-0.39, 0.29) is 18.4 Å². The number of rotatable bonds is 7. The van der Waals surface area contributed by atoms with Crippen LogP contribution in [-0.4, -0.2) is 62.3 Å². The van der Waals surface area contributed by atoms with Crippen LogP contribution in [0.15, 0.2) is 30.9 Å². The van der Waals surface area contributed by atoms with Crippen molar-refractivity contribution in [2.24, 2.45) is 11.8 Å². The Morgan fingerprint density at radius 1 is 1.20 bits per heavy atom. The number of amides is 1. The first-order chi connectivity index (χ1) is 12.3. The second kappa shape index (κ2) is 7.26. The van der Waals surface area contributed by atoms with Gasteiger partial charge >= 0.3 is 0 Å². The predicted molar refractivity (Wildman–Crippen MR) is 88.4 cm³/mol. The van der Waals surface area contributed by atoms with E-state index in [9.17, 15) is 4.79 Å². The van der Waals surface area contributed by atoms with E-state index in [2.05, 4.69) is 20.5 Å². The first-order valence-corrected chi connectivity index (χ1v) is 8.76. The van der Waals surface area contributed by atoms with Crippen LogP contribution in [0.2, 0.25) is 0 Å². The molecule has 132 valence electrons.